The van der Waals surface area contributed by atoms with Gasteiger partial charge in [-0.2, -0.15) is 0 Å². The summed E-state index contributed by atoms with van der Waals surface area (Å²) in [4.78, 5) is 16.1. The zero-order valence-electron chi connectivity index (χ0n) is 9.99. The van der Waals surface area contributed by atoms with E-state index < -0.39 is 5.97 Å². The number of aryl methyl sites for hydroxylation is 1. The maximum absolute atomic E-state index is 11.5. The molecule has 1 rings (SSSR count). The number of methoxy groups -OCH3 is 1. The minimum Gasteiger partial charge on any atom is -0.464 e. The van der Waals surface area contributed by atoms with Crippen molar-refractivity contribution in [2.24, 2.45) is 5.16 Å². The molecule has 0 unspecified atom stereocenters. The third-order valence-corrected chi connectivity index (χ3v) is 2.78. The number of carbonyl (C=O) groups excluding carboxylic acids is 1. The third kappa shape index (κ3) is 3.85. The molecular formula is C12H14BrNO3. The Kier molecular flexibility index (Phi) is 5.15. The molecule has 0 aliphatic heterocycles. The predicted octanol–water partition coefficient (Wildman–Crippen LogP) is 2.48. The zero-order valence-corrected chi connectivity index (χ0v) is 11.6. The molecule has 0 aromatic heterocycles. The number of hydrogen-bond acceptors (Lipinski definition) is 4. The smallest absolute Gasteiger partial charge is 0.356 e. The highest BCUT2D eigenvalue weighted by atomic mass is 79.9. The maximum Gasteiger partial charge on any atom is 0.356 e. The quantitative estimate of drug-likeness (QED) is 0.487. The van der Waals surface area contributed by atoms with Crippen LogP contribution in [0.25, 0.3) is 0 Å². The molecule has 5 heteroatoms. The van der Waals surface area contributed by atoms with Gasteiger partial charge in [-0.25, -0.2) is 4.79 Å². The van der Waals surface area contributed by atoms with Gasteiger partial charge in [0.15, 0.2) is 5.71 Å². The molecule has 0 bridgehead atoms. The summed E-state index contributed by atoms with van der Waals surface area (Å²) < 4.78 is 5.60. The normalized spacial score (nSPS) is 11.2. The highest BCUT2D eigenvalue weighted by Crippen LogP contribution is 2.17. The van der Waals surface area contributed by atoms with Gasteiger partial charge >= 0.3 is 5.97 Å². The van der Waals surface area contributed by atoms with E-state index in [9.17, 15) is 4.79 Å². The topological polar surface area (TPSA) is 47.9 Å². The number of hydrogen-bond donors (Lipinski definition) is 0. The Bertz CT molecular complexity index is 443. The van der Waals surface area contributed by atoms with Crippen molar-refractivity contribution < 1.29 is 14.4 Å². The maximum atomic E-state index is 11.5. The Morgan fingerprint density at radius 3 is 2.71 bits per heavy atom. The molecular weight excluding hydrogens is 286 g/mol. The number of oxime groups is 1. The van der Waals surface area contributed by atoms with Crippen LogP contribution in [0.2, 0.25) is 0 Å². The van der Waals surface area contributed by atoms with Gasteiger partial charge in [0.25, 0.3) is 0 Å². The minimum absolute atomic E-state index is 0.246. The Morgan fingerprint density at radius 1 is 1.41 bits per heavy atom. The molecule has 0 N–H and O–H groups in total. The SMILES string of the molecule is CO/N=C(\Cc1cc(Br)ccc1C)C(=O)OC. The summed E-state index contributed by atoms with van der Waals surface area (Å²) in [5, 5.41) is 3.69. The van der Waals surface area contributed by atoms with Crippen molar-refractivity contribution in [3.63, 3.8) is 0 Å². The van der Waals surface area contributed by atoms with Gasteiger partial charge in [-0.15, -0.1) is 0 Å². The van der Waals surface area contributed by atoms with Gasteiger partial charge in [0, 0.05) is 10.9 Å². The standard InChI is InChI=1S/C12H14BrNO3/c1-8-4-5-10(13)6-9(8)7-11(14-17-3)12(15)16-2/h4-6H,7H2,1-3H3/b14-11+. The lowest BCUT2D eigenvalue weighted by Crippen LogP contribution is -2.19. The summed E-state index contributed by atoms with van der Waals surface area (Å²) in [5.41, 5.74) is 2.33. The molecule has 0 fully saturated rings. The Hall–Kier alpha value is -1.36. The van der Waals surface area contributed by atoms with Crippen LogP contribution >= 0.6 is 15.9 Å². The van der Waals surface area contributed by atoms with Gasteiger partial charge in [-0.1, -0.05) is 27.2 Å². The molecule has 1 aromatic rings. The number of esters is 1. The van der Waals surface area contributed by atoms with Crippen LogP contribution < -0.4 is 0 Å². The summed E-state index contributed by atoms with van der Waals surface area (Å²) in [7, 11) is 2.72. The van der Waals surface area contributed by atoms with E-state index in [4.69, 9.17) is 0 Å². The Balaban J connectivity index is 2.97. The average molecular weight is 300 g/mol. The van der Waals surface area contributed by atoms with Crippen molar-refractivity contribution in [1.29, 1.82) is 0 Å². The van der Waals surface area contributed by atoms with Crippen LogP contribution in [-0.2, 0) is 20.8 Å². The van der Waals surface area contributed by atoms with Crippen LogP contribution in [0.15, 0.2) is 27.8 Å². The van der Waals surface area contributed by atoms with Crippen LogP contribution in [0.5, 0.6) is 0 Å². The van der Waals surface area contributed by atoms with Gasteiger partial charge in [0.2, 0.25) is 0 Å². The first-order valence-electron chi connectivity index (χ1n) is 5.02. The molecule has 92 valence electrons. The van der Waals surface area contributed by atoms with Gasteiger partial charge in [0.05, 0.1) is 7.11 Å². The summed E-state index contributed by atoms with van der Waals surface area (Å²) in [6, 6.07) is 5.87. The van der Waals surface area contributed by atoms with E-state index in [1.54, 1.807) is 0 Å². The lowest BCUT2D eigenvalue weighted by molar-refractivity contribution is -0.133. The first-order chi connectivity index (χ1) is 8.08. The molecule has 4 nitrogen and oxygen atoms in total. The van der Waals surface area contributed by atoms with Crippen molar-refractivity contribution in [2.75, 3.05) is 14.2 Å². The largest absolute Gasteiger partial charge is 0.464 e. The highest BCUT2D eigenvalue weighted by molar-refractivity contribution is 9.10. The molecule has 0 atom stereocenters. The predicted molar refractivity (Wildman–Crippen MR) is 69.0 cm³/mol. The monoisotopic (exact) mass is 299 g/mol. The van der Waals surface area contributed by atoms with Crippen LogP contribution in [0.4, 0.5) is 0 Å². The van der Waals surface area contributed by atoms with E-state index in [1.165, 1.54) is 14.2 Å². The fourth-order valence-electron chi connectivity index (χ4n) is 1.38. The molecule has 0 aliphatic carbocycles. The van der Waals surface area contributed by atoms with E-state index in [0.717, 1.165) is 15.6 Å². The second kappa shape index (κ2) is 6.39. The van der Waals surface area contributed by atoms with Crippen molar-refractivity contribution in [3.05, 3.63) is 33.8 Å². The van der Waals surface area contributed by atoms with Gasteiger partial charge in [-0.05, 0) is 30.2 Å². The van der Waals surface area contributed by atoms with Crippen molar-refractivity contribution in [1.82, 2.24) is 0 Å². The van der Waals surface area contributed by atoms with Crippen LogP contribution in [0.1, 0.15) is 11.1 Å². The Labute approximate surface area is 109 Å². The second-order valence-electron chi connectivity index (χ2n) is 3.46. The lowest BCUT2D eigenvalue weighted by Gasteiger charge is -2.07. The van der Waals surface area contributed by atoms with E-state index in [-0.39, 0.29) is 5.71 Å². The van der Waals surface area contributed by atoms with Gasteiger partial charge in [0.1, 0.15) is 7.11 Å². The van der Waals surface area contributed by atoms with Crippen LogP contribution in [0, 0.1) is 6.92 Å². The first-order valence-corrected chi connectivity index (χ1v) is 5.81. The molecule has 0 saturated carbocycles. The first kappa shape index (κ1) is 13.7. The van der Waals surface area contributed by atoms with E-state index in [2.05, 4.69) is 30.7 Å². The highest BCUT2D eigenvalue weighted by Gasteiger charge is 2.15. The molecule has 0 amide bonds. The molecule has 1 aromatic carbocycles. The van der Waals surface area contributed by atoms with E-state index in [0.29, 0.717) is 6.42 Å². The van der Waals surface area contributed by atoms with Gasteiger partial charge < -0.3 is 9.57 Å². The minimum atomic E-state index is -0.480. The molecule has 0 heterocycles. The zero-order chi connectivity index (χ0) is 12.8. The van der Waals surface area contributed by atoms with E-state index >= 15 is 0 Å². The number of ether oxygens (including phenoxy) is 1. The number of carbonyl (C=O) groups is 1. The third-order valence-electron chi connectivity index (χ3n) is 2.29. The van der Waals surface area contributed by atoms with Crippen molar-refractivity contribution in [2.45, 2.75) is 13.3 Å². The summed E-state index contributed by atoms with van der Waals surface area (Å²) in [5.74, 6) is -0.480. The second-order valence-corrected chi connectivity index (χ2v) is 4.38. The molecule has 0 radical (unpaired) electrons. The average Bonchev–Trinajstić information content (AvgIpc) is 2.32. The summed E-state index contributed by atoms with van der Waals surface area (Å²) in [6.07, 6.45) is 0.381. The molecule has 0 aliphatic rings. The Morgan fingerprint density at radius 2 is 2.12 bits per heavy atom. The van der Waals surface area contributed by atoms with Crippen molar-refractivity contribution >= 4 is 27.6 Å². The fraction of sp³-hybridized carbons (Fsp3) is 0.333. The van der Waals surface area contributed by atoms with Crippen LogP contribution in [0.3, 0.4) is 0 Å². The number of halogens is 1. The summed E-state index contributed by atoms with van der Waals surface area (Å²) >= 11 is 3.39. The lowest BCUT2D eigenvalue weighted by atomic mass is 10.0. The van der Waals surface area contributed by atoms with Crippen LogP contribution in [-0.4, -0.2) is 25.9 Å². The number of benzene rings is 1. The van der Waals surface area contributed by atoms with E-state index in [1.807, 2.05) is 25.1 Å². The van der Waals surface area contributed by atoms with Gasteiger partial charge in [-0.3, -0.25) is 0 Å². The number of rotatable bonds is 4. The summed E-state index contributed by atoms with van der Waals surface area (Å²) in [6.45, 7) is 1.98. The number of nitrogens with zero attached hydrogens (tertiary/aromatic N) is 1. The molecule has 0 spiro atoms. The fourth-order valence-corrected chi connectivity index (χ4v) is 1.79. The molecule has 17 heavy (non-hydrogen) atoms. The molecule has 0 saturated heterocycles. The van der Waals surface area contributed by atoms with Crippen molar-refractivity contribution in [3.8, 4) is 0 Å².